The van der Waals surface area contributed by atoms with Crippen LogP contribution in [0, 0.1) is 0 Å². The largest absolute Gasteiger partial charge is 0.468 e. The van der Waals surface area contributed by atoms with Crippen LogP contribution >= 0.6 is 15.9 Å². The van der Waals surface area contributed by atoms with Gasteiger partial charge in [0.1, 0.15) is 5.76 Å². The van der Waals surface area contributed by atoms with E-state index in [0.717, 1.165) is 35.9 Å². The van der Waals surface area contributed by atoms with Crippen molar-refractivity contribution in [3.63, 3.8) is 0 Å². The van der Waals surface area contributed by atoms with E-state index in [0.29, 0.717) is 6.04 Å². The zero-order valence-corrected chi connectivity index (χ0v) is 9.51. The van der Waals surface area contributed by atoms with Crippen LogP contribution in [0.25, 0.3) is 0 Å². The van der Waals surface area contributed by atoms with Crippen LogP contribution in [0.2, 0.25) is 0 Å². The van der Waals surface area contributed by atoms with Gasteiger partial charge in [0.2, 0.25) is 0 Å². The van der Waals surface area contributed by atoms with Crippen LogP contribution in [-0.4, -0.2) is 6.04 Å². The molecule has 0 fully saturated rings. The van der Waals surface area contributed by atoms with Gasteiger partial charge in [0.05, 0.1) is 10.7 Å². The van der Waals surface area contributed by atoms with E-state index in [4.69, 9.17) is 10.2 Å². The molecule has 2 nitrogen and oxygen atoms in total. The Kier molecular flexibility index (Phi) is 4.53. The van der Waals surface area contributed by atoms with Crippen molar-refractivity contribution in [2.24, 2.45) is 5.73 Å². The zero-order valence-electron chi connectivity index (χ0n) is 7.92. The third-order valence-corrected chi connectivity index (χ3v) is 2.80. The van der Waals surface area contributed by atoms with Crippen LogP contribution in [0.4, 0.5) is 0 Å². The first-order valence-electron chi connectivity index (χ1n) is 4.71. The van der Waals surface area contributed by atoms with Gasteiger partial charge in [-0.25, -0.2) is 0 Å². The molecule has 0 spiro atoms. The van der Waals surface area contributed by atoms with Crippen molar-refractivity contribution < 1.29 is 4.42 Å². The molecule has 0 aliphatic carbocycles. The van der Waals surface area contributed by atoms with E-state index in [2.05, 4.69) is 22.9 Å². The van der Waals surface area contributed by atoms with Gasteiger partial charge < -0.3 is 10.2 Å². The van der Waals surface area contributed by atoms with Gasteiger partial charge in [0, 0.05) is 12.5 Å². The Morgan fingerprint density at radius 2 is 2.31 bits per heavy atom. The quantitative estimate of drug-likeness (QED) is 0.866. The van der Waals surface area contributed by atoms with Gasteiger partial charge in [-0.3, -0.25) is 0 Å². The Morgan fingerprint density at radius 3 is 2.85 bits per heavy atom. The molecule has 0 bridgehead atoms. The highest BCUT2D eigenvalue weighted by atomic mass is 79.9. The molecule has 0 aromatic carbocycles. The van der Waals surface area contributed by atoms with Crippen LogP contribution in [-0.2, 0) is 6.42 Å². The molecular formula is C10H16BrNO. The van der Waals surface area contributed by atoms with Gasteiger partial charge in [-0.1, -0.05) is 13.3 Å². The van der Waals surface area contributed by atoms with Crippen molar-refractivity contribution in [2.45, 2.75) is 38.6 Å². The summed E-state index contributed by atoms with van der Waals surface area (Å²) in [5.74, 6) is 1.01. The molecule has 1 aromatic rings. The topological polar surface area (TPSA) is 39.2 Å². The molecule has 1 aromatic heterocycles. The summed E-state index contributed by atoms with van der Waals surface area (Å²) in [4.78, 5) is 0. The summed E-state index contributed by atoms with van der Waals surface area (Å²) in [5.41, 5.74) is 5.89. The Bertz CT molecular complexity index is 247. The Morgan fingerprint density at radius 1 is 1.54 bits per heavy atom. The van der Waals surface area contributed by atoms with Crippen LogP contribution in [0.3, 0.4) is 0 Å². The molecule has 0 saturated heterocycles. The average Bonchev–Trinajstić information content (AvgIpc) is 2.48. The maximum absolute atomic E-state index is 5.89. The number of halogens is 1. The van der Waals surface area contributed by atoms with Gasteiger partial charge in [-0.05, 0) is 34.8 Å². The van der Waals surface area contributed by atoms with Crippen molar-refractivity contribution in [3.05, 3.63) is 22.6 Å². The Hall–Kier alpha value is -0.280. The summed E-state index contributed by atoms with van der Waals surface area (Å²) in [6.07, 6.45) is 5.87. The molecule has 0 amide bonds. The van der Waals surface area contributed by atoms with Crippen LogP contribution in [0.5, 0.6) is 0 Å². The van der Waals surface area contributed by atoms with Crippen molar-refractivity contribution in [3.8, 4) is 0 Å². The van der Waals surface area contributed by atoms with Gasteiger partial charge in [-0.15, -0.1) is 0 Å². The van der Waals surface area contributed by atoms with Crippen molar-refractivity contribution in [1.29, 1.82) is 0 Å². The first-order valence-corrected chi connectivity index (χ1v) is 5.50. The van der Waals surface area contributed by atoms with E-state index in [-0.39, 0.29) is 0 Å². The van der Waals surface area contributed by atoms with E-state index < -0.39 is 0 Å². The number of rotatable bonds is 5. The second kappa shape index (κ2) is 5.45. The first-order chi connectivity index (χ1) is 6.24. The average molecular weight is 246 g/mol. The van der Waals surface area contributed by atoms with Crippen LogP contribution in [0.1, 0.15) is 31.9 Å². The molecule has 74 valence electrons. The molecule has 0 aliphatic heterocycles. The number of aryl methyl sites for hydroxylation is 1. The first kappa shape index (κ1) is 10.8. The zero-order chi connectivity index (χ0) is 9.68. The van der Waals surface area contributed by atoms with Crippen LogP contribution in [0.15, 0.2) is 21.2 Å². The lowest BCUT2D eigenvalue weighted by molar-refractivity contribution is 0.473. The van der Waals surface area contributed by atoms with Crippen molar-refractivity contribution in [2.75, 3.05) is 0 Å². The van der Waals surface area contributed by atoms with E-state index in [9.17, 15) is 0 Å². The summed E-state index contributed by atoms with van der Waals surface area (Å²) in [6.45, 7) is 2.16. The number of nitrogens with two attached hydrogens (primary N) is 1. The minimum Gasteiger partial charge on any atom is -0.468 e. The molecule has 2 N–H and O–H groups in total. The molecule has 3 heteroatoms. The predicted octanol–water partition coefficient (Wildman–Crippen LogP) is 3.10. The third kappa shape index (κ3) is 3.53. The third-order valence-electron chi connectivity index (χ3n) is 2.09. The van der Waals surface area contributed by atoms with Gasteiger partial charge in [0.15, 0.2) is 0 Å². The van der Waals surface area contributed by atoms with E-state index >= 15 is 0 Å². The molecule has 1 heterocycles. The smallest absolute Gasteiger partial charge is 0.117 e. The number of furan rings is 1. The maximum Gasteiger partial charge on any atom is 0.117 e. The highest BCUT2D eigenvalue weighted by molar-refractivity contribution is 9.10. The van der Waals surface area contributed by atoms with E-state index in [1.807, 2.05) is 6.07 Å². The van der Waals surface area contributed by atoms with Crippen molar-refractivity contribution >= 4 is 15.9 Å². The van der Waals surface area contributed by atoms with Gasteiger partial charge >= 0.3 is 0 Å². The van der Waals surface area contributed by atoms with Gasteiger partial charge in [0.25, 0.3) is 0 Å². The molecule has 13 heavy (non-hydrogen) atoms. The Balaban J connectivity index is 2.30. The highest BCUT2D eigenvalue weighted by Gasteiger charge is 2.06. The molecule has 1 atom stereocenters. The summed E-state index contributed by atoms with van der Waals surface area (Å²) < 4.78 is 6.34. The van der Waals surface area contributed by atoms with Gasteiger partial charge in [-0.2, -0.15) is 0 Å². The second-order valence-corrected chi connectivity index (χ2v) is 4.13. The summed E-state index contributed by atoms with van der Waals surface area (Å²) in [5, 5.41) is 0. The predicted molar refractivity (Wildman–Crippen MR) is 57.6 cm³/mol. The number of hydrogen-bond donors (Lipinski definition) is 1. The minimum atomic E-state index is 0.307. The van der Waals surface area contributed by atoms with E-state index in [1.54, 1.807) is 6.26 Å². The standard InChI is InChI=1S/C10H16BrNO/c1-2-3-8(12)4-5-10-9(11)6-7-13-10/h6-8H,2-5,12H2,1H3. The SMILES string of the molecule is CCCC(N)CCc1occc1Br. The molecule has 1 rings (SSSR count). The fourth-order valence-electron chi connectivity index (χ4n) is 1.34. The fourth-order valence-corrected chi connectivity index (χ4v) is 1.73. The molecule has 0 saturated carbocycles. The second-order valence-electron chi connectivity index (χ2n) is 3.28. The fraction of sp³-hybridized carbons (Fsp3) is 0.600. The maximum atomic E-state index is 5.89. The monoisotopic (exact) mass is 245 g/mol. The normalized spacial score (nSPS) is 13.2. The molecule has 0 aliphatic rings. The number of hydrogen-bond acceptors (Lipinski definition) is 2. The highest BCUT2D eigenvalue weighted by Crippen LogP contribution is 2.19. The molecule has 0 radical (unpaired) electrons. The van der Waals surface area contributed by atoms with Crippen molar-refractivity contribution in [1.82, 2.24) is 0 Å². The molecular weight excluding hydrogens is 230 g/mol. The lowest BCUT2D eigenvalue weighted by Crippen LogP contribution is -2.20. The summed E-state index contributed by atoms with van der Waals surface area (Å²) >= 11 is 3.42. The lowest BCUT2D eigenvalue weighted by atomic mass is 10.1. The minimum absolute atomic E-state index is 0.307. The molecule has 1 unspecified atom stereocenters. The summed E-state index contributed by atoms with van der Waals surface area (Å²) in [6, 6.07) is 2.22. The van der Waals surface area contributed by atoms with E-state index in [1.165, 1.54) is 0 Å². The lowest BCUT2D eigenvalue weighted by Gasteiger charge is -2.08. The summed E-state index contributed by atoms with van der Waals surface area (Å²) in [7, 11) is 0. The van der Waals surface area contributed by atoms with Crippen LogP contribution < -0.4 is 5.73 Å². The Labute approximate surface area is 87.6 Å².